The smallest absolute Gasteiger partial charge is 0.289 e. The molecule has 0 fully saturated rings. The van der Waals surface area contributed by atoms with Crippen LogP contribution in [0.5, 0.6) is 5.75 Å². The van der Waals surface area contributed by atoms with Crippen molar-refractivity contribution in [3.05, 3.63) is 46.4 Å². The second-order valence-corrected chi connectivity index (χ2v) is 4.09. The van der Waals surface area contributed by atoms with Crippen LogP contribution in [0.25, 0.3) is 15.7 Å². The van der Waals surface area contributed by atoms with Crippen LogP contribution in [0.1, 0.15) is 10.4 Å². The zero-order valence-corrected chi connectivity index (χ0v) is 10.9. The molecular formula is C13H10ClN3O2. The molecule has 0 atom stereocenters. The van der Waals surface area contributed by atoms with E-state index >= 15 is 0 Å². The maximum atomic E-state index is 11.9. The highest BCUT2D eigenvalue weighted by Gasteiger charge is 2.15. The predicted octanol–water partition coefficient (Wildman–Crippen LogP) is 2.50. The zero-order valence-electron chi connectivity index (χ0n) is 10.1. The van der Waals surface area contributed by atoms with E-state index in [1.165, 1.54) is 7.11 Å². The Balaban J connectivity index is 2.56. The number of carbonyl (C=O) groups excluding carboxylic acids is 1. The van der Waals surface area contributed by atoms with Crippen LogP contribution in [0.2, 0.25) is 5.02 Å². The number of halogens is 1. The Hall–Kier alpha value is -2.32. The Kier molecular flexibility index (Phi) is 3.83. The van der Waals surface area contributed by atoms with E-state index in [0.29, 0.717) is 27.2 Å². The molecule has 0 unspecified atom stereocenters. The van der Waals surface area contributed by atoms with Gasteiger partial charge in [-0.2, -0.15) is 0 Å². The largest absolute Gasteiger partial charge is 0.496 e. The summed E-state index contributed by atoms with van der Waals surface area (Å²) in [6.45, 7) is 6.59. The number of hydrogen-bond donors (Lipinski definition) is 1. The second kappa shape index (κ2) is 5.55. The number of nitrogens with one attached hydrogen (secondary N) is 1. The van der Waals surface area contributed by atoms with Crippen LogP contribution in [0.4, 0.5) is 0 Å². The van der Waals surface area contributed by atoms with Crippen molar-refractivity contribution in [1.82, 2.24) is 10.3 Å². The molecule has 2 aromatic rings. The third kappa shape index (κ3) is 2.59. The Morgan fingerprint density at radius 1 is 1.58 bits per heavy atom. The number of amides is 1. The lowest BCUT2D eigenvalue weighted by Gasteiger charge is -2.09. The Morgan fingerprint density at radius 3 is 3.05 bits per heavy atom. The van der Waals surface area contributed by atoms with E-state index in [1.807, 2.05) is 0 Å². The topological polar surface area (TPSA) is 55.6 Å². The van der Waals surface area contributed by atoms with Crippen LogP contribution in [-0.4, -0.2) is 24.7 Å². The quantitative estimate of drug-likeness (QED) is 0.876. The fraction of sp³-hybridized carbons (Fsp3) is 0.154. The highest BCUT2D eigenvalue weighted by atomic mass is 35.5. The molecule has 0 bridgehead atoms. The number of hydrogen-bond acceptors (Lipinski definition) is 3. The molecule has 0 radical (unpaired) electrons. The number of nitrogens with zero attached hydrogens (tertiary/aromatic N) is 2. The molecule has 2 rings (SSSR count). The summed E-state index contributed by atoms with van der Waals surface area (Å²) in [5, 5.41) is 3.64. The molecule has 5 nitrogen and oxygen atoms in total. The third-order valence-corrected chi connectivity index (χ3v) is 2.90. The van der Waals surface area contributed by atoms with Gasteiger partial charge in [-0.1, -0.05) is 11.6 Å². The van der Waals surface area contributed by atoms with Gasteiger partial charge in [0.2, 0.25) is 0 Å². The summed E-state index contributed by atoms with van der Waals surface area (Å²) in [7, 11) is 1.47. The molecule has 0 saturated heterocycles. The van der Waals surface area contributed by atoms with Gasteiger partial charge < -0.3 is 4.74 Å². The van der Waals surface area contributed by atoms with E-state index in [2.05, 4.69) is 15.1 Å². The summed E-state index contributed by atoms with van der Waals surface area (Å²) in [4.78, 5) is 19.2. The molecule has 0 aliphatic heterocycles. The van der Waals surface area contributed by atoms with Crippen molar-refractivity contribution < 1.29 is 9.53 Å². The molecule has 0 aliphatic rings. The summed E-state index contributed by atoms with van der Waals surface area (Å²) in [5.74, 6) is 0.0133. The molecule has 1 aromatic carbocycles. The summed E-state index contributed by atoms with van der Waals surface area (Å²) >= 11 is 6.07. The van der Waals surface area contributed by atoms with Crippen LogP contribution in [0.3, 0.4) is 0 Å². The molecule has 0 spiro atoms. The molecule has 1 aromatic heterocycles. The van der Waals surface area contributed by atoms with Crippen LogP contribution < -0.4 is 10.1 Å². The van der Waals surface area contributed by atoms with Gasteiger partial charge in [-0.05, 0) is 12.1 Å². The number of carbonyl (C=O) groups is 1. The highest BCUT2D eigenvalue weighted by Crippen LogP contribution is 2.29. The number of ether oxygens (including phenoxy) is 1. The first-order valence-electron chi connectivity index (χ1n) is 5.41. The van der Waals surface area contributed by atoms with Gasteiger partial charge in [-0.3, -0.25) is 19.9 Å². The lowest BCUT2D eigenvalue weighted by atomic mass is 10.1. The molecule has 96 valence electrons. The third-order valence-electron chi connectivity index (χ3n) is 2.57. The van der Waals surface area contributed by atoms with E-state index < -0.39 is 0 Å². The number of benzene rings is 1. The molecular weight excluding hydrogens is 266 g/mol. The minimum Gasteiger partial charge on any atom is -0.496 e. The zero-order chi connectivity index (χ0) is 13.8. The summed E-state index contributed by atoms with van der Waals surface area (Å²) < 4.78 is 5.17. The van der Waals surface area contributed by atoms with Crippen LogP contribution in [0.15, 0.2) is 24.4 Å². The Morgan fingerprint density at radius 2 is 2.37 bits per heavy atom. The molecule has 0 saturated carbocycles. The molecule has 1 amide bonds. The molecule has 1 N–H and O–H groups in total. The molecule has 6 heteroatoms. The van der Waals surface area contributed by atoms with Crippen molar-refractivity contribution in [3.63, 3.8) is 0 Å². The van der Waals surface area contributed by atoms with E-state index in [0.717, 1.165) is 0 Å². The van der Waals surface area contributed by atoms with Gasteiger partial charge in [-0.15, -0.1) is 0 Å². The van der Waals surface area contributed by atoms with E-state index in [9.17, 15) is 4.79 Å². The summed E-state index contributed by atoms with van der Waals surface area (Å²) in [5.41, 5.74) is 0.972. The van der Waals surface area contributed by atoms with Crippen LogP contribution in [0, 0.1) is 6.57 Å². The van der Waals surface area contributed by atoms with Gasteiger partial charge in [0.1, 0.15) is 5.75 Å². The number of aromatic nitrogens is 1. The number of pyridine rings is 1. The predicted molar refractivity (Wildman–Crippen MR) is 72.2 cm³/mol. The van der Waals surface area contributed by atoms with Crippen molar-refractivity contribution in [2.75, 3.05) is 13.8 Å². The maximum Gasteiger partial charge on any atom is 0.289 e. The maximum absolute atomic E-state index is 11.9. The minimum absolute atomic E-state index is 0.0825. The van der Waals surface area contributed by atoms with Gasteiger partial charge in [0.05, 0.1) is 23.2 Å². The van der Waals surface area contributed by atoms with Gasteiger partial charge in [0.25, 0.3) is 12.6 Å². The van der Waals surface area contributed by atoms with Crippen molar-refractivity contribution in [2.45, 2.75) is 0 Å². The first kappa shape index (κ1) is 13.1. The minimum atomic E-state index is -0.380. The van der Waals surface area contributed by atoms with E-state index in [-0.39, 0.29) is 12.6 Å². The Labute approximate surface area is 115 Å². The SMILES string of the molecule is [C-]#[N+]CNC(=O)c1cc2c(Cl)ccnc2cc1OC. The van der Waals surface area contributed by atoms with Gasteiger partial charge in [0.15, 0.2) is 0 Å². The fourth-order valence-electron chi connectivity index (χ4n) is 1.69. The molecule has 1 heterocycles. The Bertz CT molecular complexity index is 679. The van der Waals surface area contributed by atoms with E-state index in [4.69, 9.17) is 22.9 Å². The molecule has 19 heavy (non-hydrogen) atoms. The van der Waals surface area contributed by atoms with Gasteiger partial charge >= 0.3 is 0 Å². The lowest BCUT2D eigenvalue weighted by molar-refractivity contribution is 0.0955. The molecule has 0 aliphatic carbocycles. The van der Waals surface area contributed by atoms with Crippen molar-refractivity contribution in [1.29, 1.82) is 0 Å². The van der Waals surface area contributed by atoms with E-state index in [1.54, 1.807) is 24.4 Å². The highest BCUT2D eigenvalue weighted by molar-refractivity contribution is 6.35. The number of fused-ring (bicyclic) bond motifs is 1. The van der Waals surface area contributed by atoms with Crippen LogP contribution >= 0.6 is 11.6 Å². The average molecular weight is 276 g/mol. The number of methoxy groups -OCH3 is 1. The average Bonchev–Trinajstić information content (AvgIpc) is 2.43. The van der Waals surface area contributed by atoms with Crippen molar-refractivity contribution in [2.24, 2.45) is 0 Å². The fourth-order valence-corrected chi connectivity index (χ4v) is 1.90. The van der Waals surface area contributed by atoms with Crippen LogP contribution in [-0.2, 0) is 0 Å². The van der Waals surface area contributed by atoms with Gasteiger partial charge in [0, 0.05) is 17.6 Å². The lowest BCUT2D eigenvalue weighted by Crippen LogP contribution is -2.23. The monoisotopic (exact) mass is 275 g/mol. The second-order valence-electron chi connectivity index (χ2n) is 3.68. The standard InChI is InChI=1S/C13H10ClN3O2/c1-15-7-17-13(18)9-5-8-10(14)3-4-16-11(8)6-12(9)19-2/h3-6H,7H2,2H3,(H,17,18). The van der Waals surface area contributed by atoms with Crippen molar-refractivity contribution in [3.8, 4) is 5.75 Å². The number of rotatable bonds is 3. The summed E-state index contributed by atoms with van der Waals surface area (Å²) in [6.07, 6.45) is 1.59. The van der Waals surface area contributed by atoms with Gasteiger partial charge in [-0.25, -0.2) is 6.57 Å². The normalized spacial score (nSPS) is 9.95. The first-order chi connectivity index (χ1) is 9.17. The van der Waals surface area contributed by atoms with Crippen molar-refractivity contribution >= 4 is 28.4 Å². The first-order valence-corrected chi connectivity index (χ1v) is 5.79. The summed E-state index contributed by atoms with van der Waals surface area (Å²) in [6, 6.07) is 4.91.